The molecule has 1 aliphatic rings. The highest BCUT2D eigenvalue weighted by atomic mass is 32.1. The Kier molecular flexibility index (Phi) is 5.87. The normalized spacial score (nSPS) is 15.2. The van der Waals surface area contributed by atoms with Gasteiger partial charge in [0, 0.05) is 6.42 Å². The largest absolute Gasteiger partial charge is 0.494 e. The second-order valence-electron chi connectivity index (χ2n) is 8.04. The summed E-state index contributed by atoms with van der Waals surface area (Å²) >= 11 is 1.31. The summed E-state index contributed by atoms with van der Waals surface area (Å²) in [5.41, 5.74) is 0.566. The van der Waals surface area contributed by atoms with Crippen LogP contribution < -0.4 is 15.1 Å². The number of aryl methyl sites for hydroxylation is 1. The molecule has 1 aliphatic heterocycles. The molecular weight excluding hydrogens is 457 g/mol. The van der Waals surface area contributed by atoms with Gasteiger partial charge in [-0.25, -0.2) is 4.39 Å². The maximum absolute atomic E-state index is 13.9. The first-order chi connectivity index (χ1) is 16.5. The molecular formula is C25H22FN3O4S. The van der Waals surface area contributed by atoms with Crippen molar-refractivity contribution in [2.75, 3.05) is 11.5 Å². The van der Waals surface area contributed by atoms with Gasteiger partial charge in [0.05, 0.1) is 23.6 Å². The highest BCUT2D eigenvalue weighted by Gasteiger charge is 2.45. The number of anilines is 1. The van der Waals surface area contributed by atoms with Crippen LogP contribution in [0.15, 0.2) is 51.7 Å². The molecule has 1 unspecified atom stereocenters. The SMILES string of the molecule is CCCOc1ccc(C2c3c(oc4ccc(F)cc4c3=O)C(=O)N2c2nnc(CCC)s2)cc1. The van der Waals surface area contributed by atoms with Gasteiger partial charge in [-0.3, -0.25) is 14.5 Å². The molecule has 1 atom stereocenters. The van der Waals surface area contributed by atoms with Gasteiger partial charge in [0.2, 0.25) is 10.9 Å². The van der Waals surface area contributed by atoms with E-state index in [-0.39, 0.29) is 22.3 Å². The molecule has 2 aromatic carbocycles. The third kappa shape index (κ3) is 3.75. The monoisotopic (exact) mass is 479 g/mol. The van der Waals surface area contributed by atoms with E-state index in [9.17, 15) is 14.0 Å². The molecule has 4 aromatic rings. The number of hydrogen-bond acceptors (Lipinski definition) is 7. The Hall–Kier alpha value is -3.59. The van der Waals surface area contributed by atoms with Crippen molar-refractivity contribution in [3.8, 4) is 5.75 Å². The first kappa shape index (κ1) is 22.2. The Morgan fingerprint density at radius 1 is 1.09 bits per heavy atom. The van der Waals surface area contributed by atoms with Gasteiger partial charge in [0.1, 0.15) is 22.2 Å². The van der Waals surface area contributed by atoms with Crippen molar-refractivity contribution in [3.05, 3.63) is 80.4 Å². The minimum atomic E-state index is -0.783. The number of hydrogen-bond donors (Lipinski definition) is 0. The van der Waals surface area contributed by atoms with Gasteiger partial charge < -0.3 is 9.15 Å². The molecule has 34 heavy (non-hydrogen) atoms. The number of nitrogens with zero attached hydrogens (tertiary/aromatic N) is 3. The fourth-order valence-electron chi connectivity index (χ4n) is 4.08. The summed E-state index contributed by atoms with van der Waals surface area (Å²) in [5, 5.41) is 9.72. The van der Waals surface area contributed by atoms with Crippen LogP contribution >= 0.6 is 11.3 Å². The maximum Gasteiger partial charge on any atom is 0.297 e. The lowest BCUT2D eigenvalue weighted by Gasteiger charge is -2.22. The molecule has 0 aliphatic carbocycles. The molecule has 174 valence electrons. The van der Waals surface area contributed by atoms with Crippen LogP contribution in [0.2, 0.25) is 0 Å². The van der Waals surface area contributed by atoms with E-state index in [1.165, 1.54) is 28.4 Å². The topological polar surface area (TPSA) is 85.5 Å². The number of rotatable bonds is 7. The van der Waals surface area contributed by atoms with Gasteiger partial charge >= 0.3 is 0 Å². The number of amides is 1. The zero-order valence-electron chi connectivity index (χ0n) is 18.7. The number of benzene rings is 2. The Morgan fingerprint density at radius 3 is 2.62 bits per heavy atom. The first-order valence-corrected chi connectivity index (χ1v) is 12.0. The molecule has 0 radical (unpaired) electrons. The molecule has 0 fully saturated rings. The highest BCUT2D eigenvalue weighted by molar-refractivity contribution is 7.15. The van der Waals surface area contributed by atoms with Crippen LogP contribution in [0.25, 0.3) is 11.0 Å². The number of carbonyl (C=O) groups is 1. The van der Waals surface area contributed by atoms with E-state index in [0.29, 0.717) is 23.1 Å². The van der Waals surface area contributed by atoms with Gasteiger partial charge in [-0.15, -0.1) is 10.2 Å². The van der Waals surface area contributed by atoms with Gasteiger partial charge in [-0.05, 0) is 48.7 Å². The Morgan fingerprint density at radius 2 is 1.88 bits per heavy atom. The van der Waals surface area contributed by atoms with Crippen LogP contribution in [0.4, 0.5) is 9.52 Å². The van der Waals surface area contributed by atoms with Crippen molar-refractivity contribution in [2.45, 2.75) is 39.2 Å². The van der Waals surface area contributed by atoms with Crippen molar-refractivity contribution < 1.29 is 18.3 Å². The summed E-state index contributed by atoms with van der Waals surface area (Å²) < 4.78 is 25.5. The molecule has 1 amide bonds. The van der Waals surface area contributed by atoms with Crippen LogP contribution in [-0.2, 0) is 6.42 Å². The summed E-state index contributed by atoms with van der Waals surface area (Å²) in [4.78, 5) is 28.5. The van der Waals surface area contributed by atoms with Gasteiger partial charge in [-0.2, -0.15) is 0 Å². The third-order valence-corrected chi connectivity index (χ3v) is 6.61. The zero-order valence-corrected chi connectivity index (χ0v) is 19.5. The quantitative estimate of drug-likeness (QED) is 0.359. The van der Waals surface area contributed by atoms with E-state index in [0.717, 1.165) is 30.3 Å². The Bertz CT molecular complexity index is 1430. The molecule has 7 nitrogen and oxygen atoms in total. The lowest BCUT2D eigenvalue weighted by atomic mass is 9.98. The van der Waals surface area contributed by atoms with Gasteiger partial charge in [0.25, 0.3) is 5.91 Å². The minimum absolute atomic E-state index is 0.0624. The molecule has 0 N–H and O–H groups in total. The van der Waals surface area contributed by atoms with Crippen LogP contribution in [0.5, 0.6) is 5.75 Å². The number of fused-ring (bicyclic) bond motifs is 2. The van der Waals surface area contributed by atoms with Crippen LogP contribution in [0.1, 0.15) is 59.4 Å². The number of ether oxygens (including phenoxy) is 1. The second-order valence-corrected chi connectivity index (χ2v) is 9.08. The number of aromatic nitrogens is 2. The summed E-state index contributed by atoms with van der Waals surface area (Å²) in [6, 6.07) is 10.1. The molecule has 3 heterocycles. The Labute approximate surface area is 198 Å². The number of halogens is 1. The smallest absolute Gasteiger partial charge is 0.297 e. The molecule has 5 rings (SSSR count). The summed E-state index contributed by atoms with van der Waals surface area (Å²) in [6.45, 7) is 4.65. The van der Waals surface area contributed by atoms with E-state index < -0.39 is 23.2 Å². The van der Waals surface area contributed by atoms with Crippen molar-refractivity contribution in [3.63, 3.8) is 0 Å². The molecule has 0 saturated carbocycles. The fourth-order valence-corrected chi connectivity index (χ4v) is 5.05. The average molecular weight is 480 g/mol. The van der Waals surface area contributed by atoms with E-state index in [2.05, 4.69) is 10.2 Å². The predicted octanol–water partition coefficient (Wildman–Crippen LogP) is 5.27. The van der Waals surface area contributed by atoms with Gasteiger partial charge in [0.15, 0.2) is 5.43 Å². The van der Waals surface area contributed by atoms with Crippen molar-refractivity contribution in [2.24, 2.45) is 0 Å². The van der Waals surface area contributed by atoms with E-state index >= 15 is 0 Å². The average Bonchev–Trinajstić information content (AvgIpc) is 3.41. The predicted molar refractivity (Wildman–Crippen MR) is 127 cm³/mol. The second kappa shape index (κ2) is 8.98. The summed E-state index contributed by atoms with van der Waals surface area (Å²) in [5.74, 6) is -0.403. The van der Waals surface area contributed by atoms with Crippen molar-refractivity contribution in [1.82, 2.24) is 10.2 Å². The molecule has 9 heteroatoms. The highest BCUT2D eigenvalue weighted by Crippen LogP contribution is 2.42. The zero-order chi connectivity index (χ0) is 23.8. The van der Waals surface area contributed by atoms with Crippen LogP contribution in [0.3, 0.4) is 0 Å². The third-order valence-electron chi connectivity index (χ3n) is 5.63. The first-order valence-electron chi connectivity index (χ1n) is 11.2. The van der Waals surface area contributed by atoms with Crippen molar-refractivity contribution in [1.29, 1.82) is 0 Å². The summed E-state index contributed by atoms with van der Waals surface area (Å²) in [7, 11) is 0. The van der Waals surface area contributed by atoms with Gasteiger partial charge in [-0.1, -0.05) is 37.3 Å². The minimum Gasteiger partial charge on any atom is -0.494 e. The van der Waals surface area contributed by atoms with Crippen LogP contribution in [-0.4, -0.2) is 22.7 Å². The standard InChI is InChI=1S/C25H22FN3O4S/c1-3-5-19-27-28-25(34-19)29-21(14-6-9-16(10-7-14)32-12-4-2)20-22(30)17-13-15(26)8-11-18(17)33-23(20)24(29)31/h6-11,13,21H,3-5,12H2,1-2H3. The molecule has 0 bridgehead atoms. The summed E-state index contributed by atoms with van der Waals surface area (Å²) in [6.07, 6.45) is 2.51. The number of carbonyl (C=O) groups excluding carboxylic acids is 1. The molecule has 2 aromatic heterocycles. The molecule has 0 spiro atoms. The van der Waals surface area contributed by atoms with E-state index in [1.807, 2.05) is 26.0 Å². The van der Waals surface area contributed by atoms with E-state index in [1.54, 1.807) is 12.1 Å². The molecule has 0 saturated heterocycles. The Balaban J connectivity index is 1.69. The van der Waals surface area contributed by atoms with E-state index in [4.69, 9.17) is 9.15 Å². The lowest BCUT2D eigenvalue weighted by Crippen LogP contribution is -2.29. The van der Waals surface area contributed by atoms with Crippen molar-refractivity contribution >= 4 is 33.3 Å². The maximum atomic E-state index is 13.9. The fraction of sp³-hybridized carbons (Fsp3) is 0.280. The lowest BCUT2D eigenvalue weighted by molar-refractivity contribution is 0.0970. The van der Waals surface area contributed by atoms with Crippen LogP contribution in [0, 0.1) is 5.82 Å².